The van der Waals surface area contributed by atoms with Gasteiger partial charge in [0.15, 0.2) is 0 Å². The van der Waals surface area contributed by atoms with Crippen molar-refractivity contribution in [3.63, 3.8) is 0 Å². The lowest BCUT2D eigenvalue weighted by Gasteiger charge is -2.13. The van der Waals surface area contributed by atoms with Crippen LogP contribution in [0.4, 0.5) is 0 Å². The Labute approximate surface area is 150 Å². The summed E-state index contributed by atoms with van der Waals surface area (Å²) < 4.78 is 9.62. The summed E-state index contributed by atoms with van der Waals surface area (Å²) in [6.45, 7) is 0. The van der Waals surface area contributed by atoms with E-state index in [4.69, 9.17) is 4.74 Å². The predicted octanol–water partition coefficient (Wildman–Crippen LogP) is 3.32. The van der Waals surface area contributed by atoms with Crippen LogP contribution in [0.3, 0.4) is 0 Å². The van der Waals surface area contributed by atoms with Gasteiger partial charge in [0, 0.05) is 24.0 Å². The van der Waals surface area contributed by atoms with Gasteiger partial charge >= 0.3 is 6.01 Å². The van der Waals surface area contributed by atoms with Gasteiger partial charge in [0.05, 0.1) is 5.52 Å². The third kappa shape index (κ3) is 2.71. The molecule has 1 saturated carbocycles. The number of aromatic nitrogens is 6. The van der Waals surface area contributed by atoms with Crippen LogP contribution in [-0.2, 0) is 0 Å². The summed E-state index contributed by atoms with van der Waals surface area (Å²) in [6.07, 6.45) is 10.1. The Morgan fingerprint density at radius 3 is 2.58 bits per heavy atom. The number of ether oxygens (including phenoxy) is 1. The largest absolute Gasteiger partial charge is 0.460 e. The molecule has 3 heterocycles. The molecule has 7 nitrogen and oxygen atoms in total. The smallest absolute Gasteiger partial charge is 0.323 e. The van der Waals surface area contributed by atoms with Crippen LogP contribution in [0, 0.1) is 0 Å². The summed E-state index contributed by atoms with van der Waals surface area (Å²) in [7, 11) is 0. The Bertz CT molecular complexity index is 1030. The summed E-state index contributed by atoms with van der Waals surface area (Å²) in [5.41, 5.74) is 1.04. The zero-order valence-corrected chi connectivity index (χ0v) is 14.2. The van der Waals surface area contributed by atoms with E-state index in [0.717, 1.165) is 23.7 Å². The molecule has 3 aromatic heterocycles. The molecule has 0 amide bonds. The highest BCUT2D eigenvalue weighted by atomic mass is 16.5. The topological polar surface area (TPSA) is 70.7 Å². The normalized spacial score (nSPS) is 14.9. The highest BCUT2D eigenvalue weighted by Gasteiger charge is 2.20. The van der Waals surface area contributed by atoms with Crippen LogP contribution in [0.5, 0.6) is 6.01 Å². The monoisotopic (exact) mass is 346 g/mol. The Kier molecular flexibility index (Phi) is 3.62. The molecule has 1 fully saturated rings. The van der Waals surface area contributed by atoms with E-state index in [1.54, 1.807) is 10.9 Å². The van der Waals surface area contributed by atoms with Crippen molar-refractivity contribution >= 4 is 10.9 Å². The Balaban J connectivity index is 1.62. The molecule has 0 N–H and O–H groups in total. The van der Waals surface area contributed by atoms with Crippen LogP contribution in [-0.4, -0.2) is 35.4 Å². The molecule has 0 atom stereocenters. The molecule has 5 rings (SSSR count). The van der Waals surface area contributed by atoms with Crippen LogP contribution in [0.15, 0.2) is 55.0 Å². The van der Waals surface area contributed by atoms with Gasteiger partial charge in [0.25, 0.3) is 5.95 Å². The minimum Gasteiger partial charge on any atom is -0.460 e. The van der Waals surface area contributed by atoms with E-state index in [9.17, 15) is 0 Å². The maximum absolute atomic E-state index is 6.05. The summed E-state index contributed by atoms with van der Waals surface area (Å²) in [5, 5.41) is 5.37. The fraction of sp³-hybridized carbons (Fsp3) is 0.263. The molecule has 130 valence electrons. The first-order valence-corrected chi connectivity index (χ1v) is 8.86. The minimum atomic E-state index is 0.178. The van der Waals surface area contributed by atoms with E-state index >= 15 is 0 Å². The molecule has 1 aliphatic rings. The van der Waals surface area contributed by atoms with Crippen molar-refractivity contribution in [2.24, 2.45) is 0 Å². The van der Waals surface area contributed by atoms with Crippen molar-refractivity contribution in [3.8, 4) is 17.9 Å². The SMILES string of the molecule is c1ccc2c(c1)ccn2-c1nc(OC2CCCC2)nc(-n2cccn2)n1. The second kappa shape index (κ2) is 6.25. The second-order valence-corrected chi connectivity index (χ2v) is 6.44. The lowest BCUT2D eigenvalue weighted by atomic mass is 10.2. The lowest BCUT2D eigenvalue weighted by molar-refractivity contribution is 0.191. The molecule has 0 bridgehead atoms. The van der Waals surface area contributed by atoms with Gasteiger partial charge in [-0.3, -0.25) is 4.57 Å². The number of rotatable bonds is 4. The van der Waals surface area contributed by atoms with Gasteiger partial charge in [-0.1, -0.05) is 18.2 Å². The zero-order valence-electron chi connectivity index (χ0n) is 14.2. The predicted molar refractivity (Wildman–Crippen MR) is 96.7 cm³/mol. The number of para-hydroxylation sites is 1. The van der Waals surface area contributed by atoms with Gasteiger partial charge in [-0.05, 0) is 43.9 Å². The standard InChI is InChI=1S/C19H18N6O/c1-4-9-16-14(6-1)10-13-24(16)17-21-18(25-12-5-11-20-25)23-19(22-17)26-15-7-2-3-8-15/h1,4-6,9-13,15H,2-3,7-8H2. The van der Waals surface area contributed by atoms with Gasteiger partial charge < -0.3 is 4.74 Å². The molecule has 4 aromatic rings. The van der Waals surface area contributed by atoms with Crippen LogP contribution in [0.25, 0.3) is 22.8 Å². The number of fused-ring (bicyclic) bond motifs is 1. The van der Waals surface area contributed by atoms with Crippen LogP contribution >= 0.6 is 0 Å². The molecule has 1 aromatic carbocycles. The molecular weight excluding hydrogens is 328 g/mol. The molecule has 7 heteroatoms. The van der Waals surface area contributed by atoms with Crippen molar-refractivity contribution < 1.29 is 4.74 Å². The number of benzene rings is 1. The van der Waals surface area contributed by atoms with Gasteiger partial charge in [0.1, 0.15) is 6.10 Å². The number of hydrogen-bond donors (Lipinski definition) is 0. The highest BCUT2D eigenvalue weighted by Crippen LogP contribution is 2.24. The highest BCUT2D eigenvalue weighted by molar-refractivity contribution is 5.81. The fourth-order valence-corrected chi connectivity index (χ4v) is 3.40. The Morgan fingerprint density at radius 1 is 0.885 bits per heavy atom. The van der Waals surface area contributed by atoms with Gasteiger partial charge in [-0.2, -0.15) is 20.1 Å². The zero-order chi connectivity index (χ0) is 17.3. The first kappa shape index (κ1) is 15.1. The average Bonchev–Trinajstić information content (AvgIpc) is 3.42. The molecule has 0 unspecified atom stereocenters. The first-order chi connectivity index (χ1) is 12.9. The van der Waals surface area contributed by atoms with Crippen molar-refractivity contribution in [1.82, 2.24) is 29.3 Å². The summed E-state index contributed by atoms with van der Waals surface area (Å²) in [4.78, 5) is 13.7. The molecular formula is C19H18N6O. The maximum atomic E-state index is 6.05. The summed E-state index contributed by atoms with van der Waals surface area (Å²) in [6, 6.07) is 12.4. The molecule has 0 spiro atoms. The summed E-state index contributed by atoms with van der Waals surface area (Å²) >= 11 is 0. The molecule has 0 saturated heterocycles. The van der Waals surface area contributed by atoms with E-state index in [2.05, 4.69) is 26.1 Å². The lowest BCUT2D eigenvalue weighted by Crippen LogP contribution is -2.16. The quantitative estimate of drug-likeness (QED) is 0.567. The minimum absolute atomic E-state index is 0.178. The van der Waals surface area contributed by atoms with E-state index in [1.165, 1.54) is 12.8 Å². The molecule has 26 heavy (non-hydrogen) atoms. The van der Waals surface area contributed by atoms with Gasteiger partial charge in [-0.25, -0.2) is 4.68 Å². The Morgan fingerprint density at radius 2 is 1.73 bits per heavy atom. The number of hydrogen-bond acceptors (Lipinski definition) is 5. The van der Waals surface area contributed by atoms with E-state index in [-0.39, 0.29) is 6.10 Å². The van der Waals surface area contributed by atoms with E-state index < -0.39 is 0 Å². The van der Waals surface area contributed by atoms with Crippen molar-refractivity contribution in [1.29, 1.82) is 0 Å². The maximum Gasteiger partial charge on any atom is 0.323 e. The van der Waals surface area contributed by atoms with Gasteiger partial charge in [0.2, 0.25) is 5.95 Å². The first-order valence-electron chi connectivity index (χ1n) is 8.86. The fourth-order valence-electron chi connectivity index (χ4n) is 3.40. The molecule has 0 radical (unpaired) electrons. The van der Waals surface area contributed by atoms with Crippen molar-refractivity contribution in [3.05, 3.63) is 55.0 Å². The van der Waals surface area contributed by atoms with Crippen molar-refractivity contribution in [2.45, 2.75) is 31.8 Å². The Hall–Kier alpha value is -3.22. The second-order valence-electron chi connectivity index (χ2n) is 6.44. The third-order valence-electron chi connectivity index (χ3n) is 4.69. The van der Waals surface area contributed by atoms with Crippen molar-refractivity contribution in [2.75, 3.05) is 0 Å². The van der Waals surface area contributed by atoms with Gasteiger partial charge in [-0.15, -0.1) is 0 Å². The van der Waals surface area contributed by atoms with Crippen LogP contribution in [0.2, 0.25) is 0 Å². The van der Waals surface area contributed by atoms with E-state index in [0.29, 0.717) is 17.9 Å². The number of nitrogens with zero attached hydrogens (tertiary/aromatic N) is 6. The van der Waals surface area contributed by atoms with Crippen LogP contribution in [0.1, 0.15) is 25.7 Å². The molecule has 0 aliphatic heterocycles. The molecule has 1 aliphatic carbocycles. The van der Waals surface area contributed by atoms with Crippen LogP contribution < -0.4 is 4.74 Å². The summed E-state index contributed by atoms with van der Waals surface area (Å²) in [5.74, 6) is 0.977. The third-order valence-corrected chi connectivity index (χ3v) is 4.69. The van der Waals surface area contributed by atoms with E-state index in [1.807, 2.05) is 47.3 Å². The average molecular weight is 346 g/mol.